The molecule has 0 bridgehead atoms. The number of nitrogens with zero attached hydrogens (tertiary/aromatic N) is 2. The van der Waals surface area contributed by atoms with Crippen LogP contribution in [0.25, 0.3) is 0 Å². The molecule has 1 aliphatic rings. The highest BCUT2D eigenvalue weighted by molar-refractivity contribution is 7.15. The van der Waals surface area contributed by atoms with E-state index in [1.807, 2.05) is 17.5 Å². The van der Waals surface area contributed by atoms with Gasteiger partial charge in [0.25, 0.3) is 0 Å². The summed E-state index contributed by atoms with van der Waals surface area (Å²) >= 11 is 1.83. The lowest BCUT2D eigenvalue weighted by atomic mass is 10.1. The maximum atomic E-state index is 4.54. The maximum absolute atomic E-state index is 4.54. The van der Waals surface area contributed by atoms with Gasteiger partial charge in [-0.15, -0.1) is 11.3 Å². The fraction of sp³-hybridized carbons (Fsp3) is 0.769. The van der Waals surface area contributed by atoms with Crippen LogP contribution in [0.5, 0.6) is 0 Å². The van der Waals surface area contributed by atoms with Gasteiger partial charge in [0.1, 0.15) is 0 Å². The summed E-state index contributed by atoms with van der Waals surface area (Å²) in [6, 6.07) is 0. The molecular formula is C13H23N3S. The van der Waals surface area contributed by atoms with Crippen LogP contribution in [0.3, 0.4) is 0 Å². The molecular weight excluding hydrogens is 230 g/mol. The molecule has 1 aliphatic heterocycles. The zero-order valence-electron chi connectivity index (χ0n) is 11.3. The molecule has 1 aromatic heterocycles. The van der Waals surface area contributed by atoms with Gasteiger partial charge in [0.05, 0.1) is 0 Å². The second kappa shape index (κ2) is 4.94. The van der Waals surface area contributed by atoms with Crippen LogP contribution < -0.4 is 10.2 Å². The van der Waals surface area contributed by atoms with Crippen molar-refractivity contribution in [3.63, 3.8) is 0 Å². The summed E-state index contributed by atoms with van der Waals surface area (Å²) in [6.45, 7) is 12.1. The first-order valence-corrected chi connectivity index (χ1v) is 7.20. The fourth-order valence-electron chi connectivity index (χ4n) is 1.99. The Balaban J connectivity index is 1.92. The van der Waals surface area contributed by atoms with Crippen LogP contribution in [0.15, 0.2) is 6.20 Å². The van der Waals surface area contributed by atoms with Crippen molar-refractivity contribution in [1.82, 2.24) is 10.3 Å². The average Bonchev–Trinajstić information content (AvgIpc) is 2.81. The second-order valence-electron chi connectivity index (χ2n) is 6.05. The standard InChI is InChI=1S/C13H23N3S/c1-10-5-6-16(9-10)12-14-7-11(17-12)8-15-13(2,3)4/h7,10,15H,5-6,8-9H2,1-4H3. The number of rotatable bonds is 3. The molecule has 1 atom stereocenters. The molecule has 3 nitrogen and oxygen atoms in total. The van der Waals surface area contributed by atoms with Crippen LogP contribution >= 0.6 is 11.3 Å². The van der Waals surface area contributed by atoms with E-state index in [2.05, 4.69) is 42.9 Å². The minimum absolute atomic E-state index is 0.173. The predicted octanol–water partition coefficient (Wildman–Crippen LogP) is 2.88. The number of nitrogens with one attached hydrogen (secondary N) is 1. The quantitative estimate of drug-likeness (QED) is 0.898. The second-order valence-corrected chi connectivity index (χ2v) is 7.15. The zero-order valence-corrected chi connectivity index (χ0v) is 12.1. The molecule has 1 unspecified atom stereocenters. The van der Waals surface area contributed by atoms with Crippen molar-refractivity contribution < 1.29 is 0 Å². The molecule has 1 N–H and O–H groups in total. The van der Waals surface area contributed by atoms with Crippen molar-refractivity contribution >= 4 is 16.5 Å². The Morgan fingerprint density at radius 2 is 2.29 bits per heavy atom. The fourth-order valence-corrected chi connectivity index (χ4v) is 2.87. The van der Waals surface area contributed by atoms with E-state index in [-0.39, 0.29) is 5.54 Å². The van der Waals surface area contributed by atoms with Crippen molar-refractivity contribution in [1.29, 1.82) is 0 Å². The molecule has 0 saturated carbocycles. The number of aromatic nitrogens is 1. The van der Waals surface area contributed by atoms with E-state index in [9.17, 15) is 0 Å². The average molecular weight is 253 g/mol. The smallest absolute Gasteiger partial charge is 0.185 e. The van der Waals surface area contributed by atoms with Crippen LogP contribution in [-0.2, 0) is 6.54 Å². The van der Waals surface area contributed by atoms with Crippen molar-refractivity contribution in [2.24, 2.45) is 5.92 Å². The molecule has 96 valence electrons. The van der Waals surface area contributed by atoms with Crippen LogP contribution in [0, 0.1) is 5.92 Å². The lowest BCUT2D eigenvalue weighted by Gasteiger charge is -2.19. The summed E-state index contributed by atoms with van der Waals surface area (Å²) in [6.07, 6.45) is 3.32. The first kappa shape index (κ1) is 12.8. The van der Waals surface area contributed by atoms with E-state index in [0.717, 1.165) is 12.5 Å². The third kappa shape index (κ3) is 3.68. The van der Waals surface area contributed by atoms with Gasteiger partial charge in [-0.05, 0) is 33.1 Å². The van der Waals surface area contributed by atoms with Gasteiger partial charge in [-0.2, -0.15) is 0 Å². The maximum Gasteiger partial charge on any atom is 0.185 e. The van der Waals surface area contributed by atoms with Crippen molar-refractivity contribution in [3.05, 3.63) is 11.1 Å². The third-order valence-electron chi connectivity index (χ3n) is 3.03. The van der Waals surface area contributed by atoms with Gasteiger partial charge in [-0.1, -0.05) is 6.92 Å². The van der Waals surface area contributed by atoms with E-state index < -0.39 is 0 Å². The minimum Gasteiger partial charge on any atom is -0.348 e. The van der Waals surface area contributed by atoms with Crippen molar-refractivity contribution in [2.75, 3.05) is 18.0 Å². The summed E-state index contributed by atoms with van der Waals surface area (Å²) in [7, 11) is 0. The SMILES string of the molecule is CC1CCN(c2ncc(CNC(C)(C)C)s2)C1. The van der Waals surface area contributed by atoms with Gasteiger partial charge in [0, 0.05) is 36.2 Å². The van der Waals surface area contributed by atoms with Crippen LogP contribution in [0.1, 0.15) is 39.0 Å². The highest BCUT2D eigenvalue weighted by Crippen LogP contribution is 2.27. The molecule has 1 fully saturated rings. The van der Waals surface area contributed by atoms with Crippen LogP contribution in [0.4, 0.5) is 5.13 Å². The molecule has 0 aromatic carbocycles. The first-order valence-electron chi connectivity index (χ1n) is 6.39. The molecule has 2 heterocycles. The van der Waals surface area contributed by atoms with Crippen molar-refractivity contribution in [3.8, 4) is 0 Å². The topological polar surface area (TPSA) is 28.2 Å². The number of hydrogen-bond acceptors (Lipinski definition) is 4. The Hall–Kier alpha value is -0.610. The van der Waals surface area contributed by atoms with Gasteiger partial charge < -0.3 is 10.2 Å². The summed E-state index contributed by atoms with van der Waals surface area (Å²) in [5.74, 6) is 0.815. The molecule has 1 aromatic rings. The molecule has 0 spiro atoms. The lowest BCUT2D eigenvalue weighted by molar-refractivity contribution is 0.426. The number of anilines is 1. The van der Waals surface area contributed by atoms with Gasteiger partial charge in [0.15, 0.2) is 5.13 Å². The highest BCUT2D eigenvalue weighted by atomic mass is 32.1. The normalized spacial score (nSPS) is 21.2. The Morgan fingerprint density at radius 3 is 2.88 bits per heavy atom. The highest BCUT2D eigenvalue weighted by Gasteiger charge is 2.21. The Morgan fingerprint density at radius 1 is 1.53 bits per heavy atom. The van der Waals surface area contributed by atoms with Gasteiger partial charge in [-0.25, -0.2) is 4.98 Å². The zero-order chi connectivity index (χ0) is 12.5. The first-order chi connectivity index (χ1) is 7.94. The summed E-state index contributed by atoms with van der Waals surface area (Å²) < 4.78 is 0. The molecule has 4 heteroatoms. The molecule has 0 amide bonds. The molecule has 0 radical (unpaired) electrons. The van der Waals surface area contributed by atoms with E-state index in [4.69, 9.17) is 0 Å². The van der Waals surface area contributed by atoms with Gasteiger partial charge in [0.2, 0.25) is 0 Å². The van der Waals surface area contributed by atoms with Gasteiger partial charge >= 0.3 is 0 Å². The minimum atomic E-state index is 0.173. The van der Waals surface area contributed by atoms with Crippen LogP contribution in [0.2, 0.25) is 0 Å². The lowest BCUT2D eigenvalue weighted by Crippen LogP contribution is -2.34. The monoisotopic (exact) mass is 253 g/mol. The Labute approximate surface area is 108 Å². The Bertz CT molecular complexity index is 367. The molecule has 0 aliphatic carbocycles. The van der Waals surface area contributed by atoms with E-state index in [1.165, 1.54) is 29.5 Å². The molecule has 2 rings (SSSR count). The molecule has 17 heavy (non-hydrogen) atoms. The van der Waals surface area contributed by atoms with Gasteiger partial charge in [-0.3, -0.25) is 0 Å². The number of thiazole rings is 1. The summed E-state index contributed by atoms with van der Waals surface area (Å²) in [5, 5.41) is 4.70. The van der Waals surface area contributed by atoms with Crippen LogP contribution in [-0.4, -0.2) is 23.6 Å². The Kier molecular flexibility index (Phi) is 3.73. The largest absolute Gasteiger partial charge is 0.348 e. The molecule has 1 saturated heterocycles. The van der Waals surface area contributed by atoms with Crippen molar-refractivity contribution in [2.45, 2.75) is 46.2 Å². The van der Waals surface area contributed by atoms with E-state index in [1.54, 1.807) is 0 Å². The predicted molar refractivity (Wildman–Crippen MR) is 74.7 cm³/mol. The van der Waals surface area contributed by atoms with E-state index in [0.29, 0.717) is 0 Å². The third-order valence-corrected chi connectivity index (χ3v) is 4.09. The summed E-state index contributed by atoms with van der Waals surface area (Å²) in [5.41, 5.74) is 0.173. The van der Waals surface area contributed by atoms with E-state index >= 15 is 0 Å². The number of hydrogen-bond donors (Lipinski definition) is 1. The summed E-state index contributed by atoms with van der Waals surface area (Å²) in [4.78, 5) is 8.28.